The highest BCUT2D eigenvalue weighted by atomic mass is 19.4. The number of halogens is 11. The summed E-state index contributed by atoms with van der Waals surface area (Å²) in [4.78, 5) is 0. The lowest BCUT2D eigenvalue weighted by atomic mass is 9.70. The predicted octanol–water partition coefficient (Wildman–Crippen LogP) is 6.05. The Kier molecular flexibility index (Phi) is 6.19. The van der Waals surface area contributed by atoms with Crippen LogP contribution in [0.3, 0.4) is 0 Å². The van der Waals surface area contributed by atoms with E-state index in [4.69, 9.17) is 0 Å². The first kappa shape index (κ1) is 24.7. The van der Waals surface area contributed by atoms with Crippen LogP contribution in [-0.4, -0.2) is 46.5 Å². The molecule has 0 spiro atoms. The minimum absolute atomic E-state index is 0.141. The number of aliphatic hydroxyl groups excluding tert-OH is 1. The largest absolute Gasteiger partial charge is 0.393 e. The molecule has 0 bridgehead atoms. The number of alkyl halides is 11. The van der Waals surface area contributed by atoms with Crippen LogP contribution in [0.1, 0.15) is 31.2 Å². The van der Waals surface area contributed by atoms with Crippen molar-refractivity contribution in [3.63, 3.8) is 0 Å². The summed E-state index contributed by atoms with van der Waals surface area (Å²) in [5.74, 6) is -35.1. The van der Waals surface area contributed by atoms with Crippen molar-refractivity contribution in [2.24, 2.45) is 0 Å². The van der Waals surface area contributed by atoms with Crippen LogP contribution in [0.2, 0.25) is 0 Å². The highest BCUT2D eigenvalue weighted by molar-refractivity contribution is 5.26. The molecule has 0 heterocycles. The molecule has 0 aromatic heterocycles. The van der Waals surface area contributed by atoms with Gasteiger partial charge in [0.15, 0.2) is 0 Å². The van der Waals surface area contributed by atoms with Gasteiger partial charge in [0, 0.05) is 0 Å². The minimum atomic E-state index is -7.21. The number of hydrogen-bond acceptors (Lipinski definition) is 1. The Hall–Kier alpha value is -1.59. The van der Waals surface area contributed by atoms with Crippen LogP contribution in [0.5, 0.6) is 0 Å². The van der Waals surface area contributed by atoms with E-state index in [2.05, 4.69) is 0 Å². The van der Waals surface area contributed by atoms with Crippen molar-refractivity contribution in [3.8, 4) is 0 Å². The summed E-state index contributed by atoms with van der Waals surface area (Å²) in [5.41, 5.74) is -5.24. The zero-order valence-corrected chi connectivity index (χ0v) is 15.1. The fourth-order valence-electron chi connectivity index (χ4n) is 3.30. The topological polar surface area (TPSA) is 20.2 Å². The quantitative estimate of drug-likeness (QED) is 0.494. The minimum Gasteiger partial charge on any atom is -0.393 e. The standard InChI is InChI=1S/C18H17F11O/c19-13(10-9-12(30)8-4-7-11-5-2-1-3-6-11)14(20,21)16(24,25)18(28,29)17(26,27)15(13,22)23/h1-3,5-6,12,30H,4,7-10H2. The summed E-state index contributed by atoms with van der Waals surface area (Å²) in [6, 6.07) is 8.45. The number of benzene rings is 1. The van der Waals surface area contributed by atoms with Gasteiger partial charge < -0.3 is 5.11 Å². The van der Waals surface area contributed by atoms with Gasteiger partial charge in [-0.05, 0) is 37.7 Å². The van der Waals surface area contributed by atoms with Gasteiger partial charge in [-0.25, -0.2) is 4.39 Å². The normalized spacial score (nSPS) is 26.1. The van der Waals surface area contributed by atoms with Crippen LogP contribution in [0, 0.1) is 0 Å². The summed E-state index contributed by atoms with van der Waals surface area (Å²) >= 11 is 0. The molecule has 1 aromatic rings. The van der Waals surface area contributed by atoms with Crippen LogP contribution in [0.4, 0.5) is 48.3 Å². The predicted molar refractivity (Wildman–Crippen MR) is 83.2 cm³/mol. The first-order chi connectivity index (χ1) is 13.5. The summed E-state index contributed by atoms with van der Waals surface area (Å²) in [5, 5.41) is 9.70. The van der Waals surface area contributed by atoms with Crippen LogP contribution >= 0.6 is 0 Å². The van der Waals surface area contributed by atoms with Gasteiger partial charge in [0.2, 0.25) is 5.67 Å². The highest BCUT2D eigenvalue weighted by Gasteiger charge is 3.00. The Balaban J connectivity index is 2.17. The van der Waals surface area contributed by atoms with Gasteiger partial charge in [0.1, 0.15) is 0 Å². The van der Waals surface area contributed by atoms with Crippen LogP contribution in [0.15, 0.2) is 30.3 Å². The fourth-order valence-corrected chi connectivity index (χ4v) is 3.30. The number of aryl methyl sites for hydroxylation is 1. The number of hydrogen-bond donors (Lipinski definition) is 1. The average Bonchev–Trinajstić information content (AvgIpc) is 2.65. The Labute approximate surface area is 163 Å². The van der Waals surface area contributed by atoms with E-state index in [-0.39, 0.29) is 12.8 Å². The van der Waals surface area contributed by atoms with Gasteiger partial charge in [-0.2, -0.15) is 43.9 Å². The molecule has 0 aliphatic heterocycles. The maximum Gasteiger partial charge on any atom is 0.384 e. The first-order valence-electron chi connectivity index (χ1n) is 8.77. The molecule has 30 heavy (non-hydrogen) atoms. The molecule has 1 unspecified atom stereocenters. The molecular weight excluding hydrogens is 441 g/mol. The maximum absolute atomic E-state index is 14.5. The molecule has 1 aromatic carbocycles. The molecule has 0 radical (unpaired) electrons. The van der Waals surface area contributed by atoms with Gasteiger partial charge in [-0.3, -0.25) is 0 Å². The Bertz CT molecular complexity index is 703. The number of rotatable bonds is 7. The van der Waals surface area contributed by atoms with E-state index in [1.807, 2.05) is 0 Å². The summed E-state index contributed by atoms with van der Waals surface area (Å²) < 4.78 is 150. The van der Waals surface area contributed by atoms with E-state index in [1.54, 1.807) is 30.3 Å². The lowest BCUT2D eigenvalue weighted by molar-refractivity contribution is -0.485. The molecule has 0 amide bonds. The summed E-state index contributed by atoms with van der Waals surface area (Å²) in [7, 11) is 0. The van der Waals surface area contributed by atoms with Gasteiger partial charge in [-0.1, -0.05) is 30.3 Å². The first-order valence-corrected chi connectivity index (χ1v) is 8.77. The Morgan fingerprint density at radius 3 is 1.53 bits per heavy atom. The van der Waals surface area contributed by atoms with Crippen LogP contribution < -0.4 is 0 Å². The van der Waals surface area contributed by atoms with Gasteiger partial charge in [-0.15, -0.1) is 0 Å². The molecule has 1 saturated carbocycles. The Morgan fingerprint density at radius 1 is 0.633 bits per heavy atom. The third kappa shape index (κ3) is 3.25. The second-order valence-electron chi connectivity index (χ2n) is 7.24. The molecule has 1 N–H and O–H groups in total. The third-order valence-electron chi connectivity index (χ3n) is 5.24. The monoisotopic (exact) mass is 458 g/mol. The van der Waals surface area contributed by atoms with Crippen LogP contribution in [0.25, 0.3) is 0 Å². The van der Waals surface area contributed by atoms with Gasteiger partial charge in [0.25, 0.3) is 0 Å². The molecule has 1 nitrogen and oxygen atoms in total. The molecule has 1 fully saturated rings. The van der Waals surface area contributed by atoms with Crippen molar-refractivity contribution >= 4 is 0 Å². The molecule has 0 saturated heterocycles. The molecule has 12 heteroatoms. The van der Waals surface area contributed by atoms with Gasteiger partial charge in [0.05, 0.1) is 6.10 Å². The summed E-state index contributed by atoms with van der Waals surface area (Å²) in [6.07, 6.45) is -5.35. The zero-order valence-electron chi connectivity index (χ0n) is 15.1. The van der Waals surface area contributed by atoms with Gasteiger partial charge >= 0.3 is 29.6 Å². The molecule has 2 rings (SSSR count). The molecule has 1 aliphatic carbocycles. The molecular formula is C18H17F11O. The lowest BCUT2D eigenvalue weighted by Crippen LogP contribution is -2.83. The van der Waals surface area contributed by atoms with E-state index in [0.717, 1.165) is 5.56 Å². The highest BCUT2D eigenvalue weighted by Crippen LogP contribution is 2.70. The van der Waals surface area contributed by atoms with Crippen molar-refractivity contribution in [2.75, 3.05) is 0 Å². The summed E-state index contributed by atoms with van der Waals surface area (Å²) in [6.45, 7) is 0. The smallest absolute Gasteiger partial charge is 0.384 e. The van der Waals surface area contributed by atoms with Crippen molar-refractivity contribution in [3.05, 3.63) is 35.9 Å². The van der Waals surface area contributed by atoms with E-state index in [9.17, 15) is 53.4 Å². The Morgan fingerprint density at radius 2 is 1.07 bits per heavy atom. The molecule has 1 aliphatic rings. The maximum atomic E-state index is 14.5. The van der Waals surface area contributed by atoms with Crippen molar-refractivity contribution in [1.29, 1.82) is 0 Å². The molecule has 172 valence electrons. The average molecular weight is 458 g/mol. The lowest BCUT2D eigenvalue weighted by Gasteiger charge is -2.52. The SMILES string of the molecule is OC(CCCc1ccccc1)CCC1(F)C(F)(F)C(F)(F)C(F)(F)C(F)(F)C1(F)F. The van der Waals surface area contributed by atoms with E-state index in [1.165, 1.54) is 0 Å². The van der Waals surface area contributed by atoms with Crippen molar-refractivity contribution in [1.82, 2.24) is 0 Å². The third-order valence-corrected chi connectivity index (χ3v) is 5.24. The second kappa shape index (κ2) is 7.52. The van der Waals surface area contributed by atoms with E-state index in [0.29, 0.717) is 6.42 Å². The van der Waals surface area contributed by atoms with E-state index < -0.39 is 54.2 Å². The van der Waals surface area contributed by atoms with Crippen molar-refractivity contribution in [2.45, 2.75) is 73.5 Å². The second-order valence-corrected chi connectivity index (χ2v) is 7.24. The van der Waals surface area contributed by atoms with Crippen molar-refractivity contribution < 1.29 is 53.4 Å². The van der Waals surface area contributed by atoms with E-state index >= 15 is 0 Å². The molecule has 1 atom stereocenters. The fraction of sp³-hybridized carbons (Fsp3) is 0.667. The number of aliphatic hydroxyl groups is 1. The zero-order chi connectivity index (χ0) is 23.2. The van der Waals surface area contributed by atoms with Crippen LogP contribution in [-0.2, 0) is 6.42 Å².